The lowest BCUT2D eigenvalue weighted by Gasteiger charge is -2.02. The Kier molecular flexibility index (Phi) is 7.95. The Balaban J connectivity index is 0. The Morgan fingerprint density at radius 3 is 2.60 bits per heavy atom. The standard InChI is InChI=1S/C6H12N2O.ClH/c1-5(2-3-7)4-6(8)9;/h3,5,7H,2,4H2,1H3,(H2,8,9);1H/t5-;/m1./s1. The van der Waals surface area contributed by atoms with Crippen molar-refractivity contribution in [3.63, 3.8) is 0 Å². The molecule has 0 rings (SSSR count). The Hall–Kier alpha value is -0.570. The van der Waals surface area contributed by atoms with Crippen molar-refractivity contribution >= 4 is 24.5 Å². The lowest BCUT2D eigenvalue weighted by molar-refractivity contribution is -0.118. The summed E-state index contributed by atoms with van der Waals surface area (Å²) in [5.74, 6) is -0.0654. The van der Waals surface area contributed by atoms with Gasteiger partial charge in [0, 0.05) is 6.42 Å². The molecular formula is C6H13ClN2O. The Morgan fingerprint density at radius 2 is 2.30 bits per heavy atom. The van der Waals surface area contributed by atoms with Crippen LogP contribution in [0.15, 0.2) is 0 Å². The van der Waals surface area contributed by atoms with Crippen LogP contribution >= 0.6 is 12.4 Å². The number of halogens is 1. The van der Waals surface area contributed by atoms with Crippen LogP contribution in [0.2, 0.25) is 0 Å². The van der Waals surface area contributed by atoms with Crippen LogP contribution < -0.4 is 5.73 Å². The highest BCUT2D eigenvalue weighted by atomic mass is 35.5. The first kappa shape index (κ1) is 12.1. The predicted octanol–water partition coefficient (Wildman–Crippen LogP) is 0.959. The quantitative estimate of drug-likeness (QED) is 0.598. The van der Waals surface area contributed by atoms with Gasteiger partial charge in [-0.1, -0.05) is 6.92 Å². The zero-order valence-electron chi connectivity index (χ0n) is 5.96. The second-order valence-corrected chi connectivity index (χ2v) is 2.22. The molecule has 10 heavy (non-hydrogen) atoms. The number of carbonyl (C=O) groups is 1. The number of hydrogen-bond acceptors (Lipinski definition) is 2. The molecule has 0 aromatic carbocycles. The molecule has 0 spiro atoms. The van der Waals surface area contributed by atoms with Crippen molar-refractivity contribution in [1.82, 2.24) is 0 Å². The minimum atomic E-state index is -0.288. The van der Waals surface area contributed by atoms with E-state index in [1.54, 1.807) is 0 Å². The van der Waals surface area contributed by atoms with Gasteiger partial charge in [0.05, 0.1) is 0 Å². The predicted molar refractivity (Wildman–Crippen MR) is 43.6 cm³/mol. The van der Waals surface area contributed by atoms with Crippen LogP contribution in [0.3, 0.4) is 0 Å². The van der Waals surface area contributed by atoms with Crippen molar-refractivity contribution in [3.05, 3.63) is 0 Å². The van der Waals surface area contributed by atoms with E-state index in [9.17, 15) is 4.79 Å². The van der Waals surface area contributed by atoms with Crippen molar-refractivity contribution in [3.8, 4) is 0 Å². The summed E-state index contributed by atoms with van der Waals surface area (Å²) in [6.07, 6.45) is 2.33. The third-order valence-electron chi connectivity index (χ3n) is 1.07. The maximum Gasteiger partial charge on any atom is 0.217 e. The third-order valence-corrected chi connectivity index (χ3v) is 1.07. The molecule has 0 aromatic heterocycles. The van der Waals surface area contributed by atoms with Gasteiger partial charge in [-0.05, 0) is 18.6 Å². The molecule has 1 amide bonds. The Labute approximate surface area is 66.9 Å². The lowest BCUT2D eigenvalue weighted by Crippen LogP contribution is -2.14. The Bertz CT molecular complexity index is 116. The van der Waals surface area contributed by atoms with Crippen molar-refractivity contribution in [2.24, 2.45) is 11.7 Å². The van der Waals surface area contributed by atoms with E-state index in [2.05, 4.69) is 0 Å². The molecule has 4 heteroatoms. The molecule has 0 bridgehead atoms. The molecule has 0 unspecified atom stereocenters. The molecule has 0 aromatic rings. The fraction of sp³-hybridized carbons (Fsp3) is 0.667. The first-order valence-electron chi connectivity index (χ1n) is 2.94. The summed E-state index contributed by atoms with van der Waals surface area (Å²) >= 11 is 0. The molecule has 0 fully saturated rings. The van der Waals surface area contributed by atoms with Crippen molar-refractivity contribution in [1.29, 1.82) is 5.41 Å². The van der Waals surface area contributed by atoms with Gasteiger partial charge in [0.25, 0.3) is 0 Å². The van der Waals surface area contributed by atoms with Crippen molar-refractivity contribution in [2.75, 3.05) is 0 Å². The monoisotopic (exact) mass is 164 g/mol. The first-order chi connectivity index (χ1) is 4.16. The van der Waals surface area contributed by atoms with Crippen LogP contribution in [0, 0.1) is 11.3 Å². The van der Waals surface area contributed by atoms with E-state index in [0.29, 0.717) is 12.8 Å². The summed E-state index contributed by atoms with van der Waals surface area (Å²) in [6.45, 7) is 1.90. The van der Waals surface area contributed by atoms with Crippen LogP contribution in [-0.2, 0) is 4.79 Å². The molecule has 1 atom stereocenters. The highest BCUT2D eigenvalue weighted by molar-refractivity contribution is 5.85. The summed E-state index contributed by atoms with van der Waals surface area (Å²) in [7, 11) is 0. The fourth-order valence-electron chi connectivity index (χ4n) is 0.628. The zero-order valence-corrected chi connectivity index (χ0v) is 6.78. The number of amides is 1. The molecular weight excluding hydrogens is 152 g/mol. The normalized spacial score (nSPS) is 11.3. The average molecular weight is 165 g/mol. The van der Waals surface area contributed by atoms with Gasteiger partial charge in [-0.25, -0.2) is 0 Å². The van der Waals surface area contributed by atoms with E-state index >= 15 is 0 Å². The molecule has 0 saturated carbocycles. The highest BCUT2D eigenvalue weighted by Gasteiger charge is 2.02. The van der Waals surface area contributed by atoms with E-state index in [1.807, 2.05) is 6.92 Å². The molecule has 0 radical (unpaired) electrons. The molecule has 3 N–H and O–H groups in total. The third kappa shape index (κ3) is 7.43. The number of hydrogen-bond donors (Lipinski definition) is 2. The SMILES string of the molecule is C[C@H](CC=N)CC(N)=O.Cl. The maximum atomic E-state index is 10.2. The molecule has 3 nitrogen and oxygen atoms in total. The smallest absolute Gasteiger partial charge is 0.217 e. The summed E-state index contributed by atoms with van der Waals surface area (Å²) < 4.78 is 0. The minimum Gasteiger partial charge on any atom is -0.370 e. The summed E-state index contributed by atoms with van der Waals surface area (Å²) in [5, 5.41) is 6.70. The van der Waals surface area contributed by atoms with Gasteiger partial charge in [0.2, 0.25) is 5.91 Å². The molecule has 0 heterocycles. The highest BCUT2D eigenvalue weighted by Crippen LogP contribution is 2.02. The molecule has 60 valence electrons. The van der Waals surface area contributed by atoms with E-state index in [4.69, 9.17) is 11.1 Å². The topological polar surface area (TPSA) is 66.9 Å². The number of nitrogens with one attached hydrogen (secondary N) is 1. The summed E-state index contributed by atoms with van der Waals surface area (Å²) in [4.78, 5) is 10.2. The first-order valence-corrected chi connectivity index (χ1v) is 2.94. The molecule has 0 aliphatic heterocycles. The zero-order chi connectivity index (χ0) is 7.28. The second-order valence-electron chi connectivity index (χ2n) is 2.22. The van der Waals surface area contributed by atoms with E-state index in [1.165, 1.54) is 6.21 Å². The summed E-state index contributed by atoms with van der Waals surface area (Å²) in [6, 6.07) is 0. The van der Waals surface area contributed by atoms with Crippen LogP contribution in [0.4, 0.5) is 0 Å². The number of nitrogens with two attached hydrogens (primary N) is 1. The maximum absolute atomic E-state index is 10.2. The van der Waals surface area contributed by atoms with Gasteiger partial charge in [0.1, 0.15) is 0 Å². The van der Waals surface area contributed by atoms with Crippen molar-refractivity contribution < 1.29 is 4.79 Å². The number of rotatable bonds is 4. The van der Waals surface area contributed by atoms with Crippen LogP contribution in [0.1, 0.15) is 19.8 Å². The fourth-order valence-corrected chi connectivity index (χ4v) is 0.628. The van der Waals surface area contributed by atoms with Gasteiger partial charge < -0.3 is 11.1 Å². The van der Waals surface area contributed by atoms with Crippen molar-refractivity contribution in [2.45, 2.75) is 19.8 Å². The summed E-state index contributed by atoms with van der Waals surface area (Å²) in [5.41, 5.74) is 4.91. The lowest BCUT2D eigenvalue weighted by atomic mass is 10.1. The van der Waals surface area contributed by atoms with Gasteiger partial charge >= 0.3 is 0 Å². The van der Waals surface area contributed by atoms with Crippen LogP contribution in [0.5, 0.6) is 0 Å². The van der Waals surface area contributed by atoms with E-state index in [0.717, 1.165) is 0 Å². The van der Waals surface area contributed by atoms with Crippen LogP contribution in [-0.4, -0.2) is 12.1 Å². The minimum absolute atomic E-state index is 0. The van der Waals surface area contributed by atoms with E-state index < -0.39 is 0 Å². The van der Waals surface area contributed by atoms with Gasteiger partial charge in [0.15, 0.2) is 0 Å². The van der Waals surface area contributed by atoms with Gasteiger partial charge in [-0.15, -0.1) is 12.4 Å². The van der Waals surface area contributed by atoms with Gasteiger partial charge in [-0.3, -0.25) is 4.79 Å². The largest absolute Gasteiger partial charge is 0.370 e. The molecule has 0 aliphatic rings. The molecule has 0 saturated heterocycles. The van der Waals surface area contributed by atoms with Crippen LogP contribution in [0.25, 0.3) is 0 Å². The number of primary amides is 1. The Morgan fingerprint density at radius 1 is 1.80 bits per heavy atom. The average Bonchev–Trinajstić information content (AvgIpc) is 1.63. The second kappa shape index (κ2) is 6.55. The number of carbonyl (C=O) groups excluding carboxylic acids is 1. The van der Waals surface area contributed by atoms with E-state index in [-0.39, 0.29) is 24.2 Å². The van der Waals surface area contributed by atoms with Gasteiger partial charge in [-0.2, -0.15) is 0 Å². The molecule has 0 aliphatic carbocycles.